The number of esters is 1. The molecule has 25 heavy (non-hydrogen) atoms. The summed E-state index contributed by atoms with van der Waals surface area (Å²) < 4.78 is 50.6. The molecule has 0 radical (unpaired) electrons. The zero-order valence-corrected chi connectivity index (χ0v) is 13.3. The second-order valence-electron chi connectivity index (χ2n) is 4.95. The maximum absolute atomic E-state index is 12.2. The highest BCUT2D eigenvalue weighted by Gasteiger charge is 2.30. The summed E-state index contributed by atoms with van der Waals surface area (Å²) in [5, 5.41) is 0. The Morgan fingerprint density at radius 2 is 1.72 bits per heavy atom. The maximum atomic E-state index is 12.2. The molecule has 0 aromatic heterocycles. The lowest BCUT2D eigenvalue weighted by molar-refractivity contribution is -0.274. The number of carbonyl (C=O) groups is 1. The van der Waals surface area contributed by atoms with E-state index in [0.717, 1.165) is 0 Å². The number of methoxy groups -OCH3 is 1. The number of benzene rings is 2. The normalized spacial score (nSPS) is 11.1. The first-order valence-electron chi connectivity index (χ1n) is 7.25. The molecule has 0 saturated heterocycles. The molecular weight excluding hydrogens is 339 g/mol. The third kappa shape index (κ3) is 5.39. The van der Waals surface area contributed by atoms with Crippen molar-refractivity contribution in [3.8, 4) is 22.6 Å². The molecule has 0 atom stereocenters. The maximum Gasteiger partial charge on any atom is 0.573 e. The molecule has 0 spiro atoms. The minimum Gasteiger partial charge on any atom is -0.492 e. The van der Waals surface area contributed by atoms with Gasteiger partial charge in [0.15, 0.2) is 0 Å². The fraction of sp³-hybridized carbons (Fsp3) is 0.235. The van der Waals surface area contributed by atoms with E-state index in [1.807, 2.05) is 0 Å². The van der Waals surface area contributed by atoms with Crippen LogP contribution >= 0.6 is 0 Å². The number of hydrogen-bond donors (Lipinski definition) is 1. The van der Waals surface area contributed by atoms with Crippen LogP contribution < -0.4 is 15.2 Å². The molecule has 8 heteroatoms. The largest absolute Gasteiger partial charge is 0.573 e. The van der Waals surface area contributed by atoms with Gasteiger partial charge in [0.25, 0.3) is 0 Å². The number of halogens is 3. The second-order valence-corrected chi connectivity index (χ2v) is 4.95. The minimum atomic E-state index is -4.75. The van der Waals surface area contributed by atoms with E-state index in [1.165, 1.54) is 37.4 Å². The number of ether oxygens (including phenoxy) is 3. The summed E-state index contributed by atoms with van der Waals surface area (Å²) in [4.78, 5) is 11.8. The van der Waals surface area contributed by atoms with Gasteiger partial charge in [-0.3, -0.25) is 0 Å². The Balaban J connectivity index is 2.34. The van der Waals surface area contributed by atoms with Crippen LogP contribution in [0.25, 0.3) is 11.1 Å². The molecule has 0 aliphatic carbocycles. The molecular formula is C17H16F3NO4. The van der Waals surface area contributed by atoms with Crippen LogP contribution in [0.5, 0.6) is 11.5 Å². The van der Waals surface area contributed by atoms with E-state index in [1.54, 1.807) is 12.1 Å². The van der Waals surface area contributed by atoms with Crippen molar-refractivity contribution in [1.29, 1.82) is 0 Å². The summed E-state index contributed by atoms with van der Waals surface area (Å²) in [5.41, 5.74) is 6.81. The molecule has 0 amide bonds. The summed E-state index contributed by atoms with van der Waals surface area (Å²) in [6, 6.07) is 9.99. The quantitative estimate of drug-likeness (QED) is 0.805. The van der Waals surface area contributed by atoms with Crippen molar-refractivity contribution in [3.05, 3.63) is 48.0 Å². The molecule has 0 aliphatic rings. The van der Waals surface area contributed by atoms with Crippen molar-refractivity contribution in [1.82, 2.24) is 0 Å². The van der Waals surface area contributed by atoms with Crippen LogP contribution in [-0.2, 0) is 4.74 Å². The van der Waals surface area contributed by atoms with E-state index in [-0.39, 0.29) is 17.9 Å². The van der Waals surface area contributed by atoms with Gasteiger partial charge in [0.2, 0.25) is 0 Å². The predicted molar refractivity (Wildman–Crippen MR) is 84.4 cm³/mol. The van der Waals surface area contributed by atoms with Gasteiger partial charge in [0, 0.05) is 6.54 Å². The van der Waals surface area contributed by atoms with Gasteiger partial charge in [-0.1, -0.05) is 12.1 Å². The Bertz CT molecular complexity index is 730. The topological polar surface area (TPSA) is 70.8 Å². The molecule has 0 aliphatic heterocycles. The smallest absolute Gasteiger partial charge is 0.492 e. The molecule has 0 saturated carbocycles. The molecule has 0 unspecified atom stereocenters. The second kappa shape index (κ2) is 7.89. The summed E-state index contributed by atoms with van der Waals surface area (Å²) in [7, 11) is 1.25. The molecule has 2 rings (SSSR count). The highest BCUT2D eigenvalue weighted by Crippen LogP contribution is 2.29. The first-order chi connectivity index (χ1) is 11.8. The third-order valence-corrected chi connectivity index (χ3v) is 3.14. The van der Waals surface area contributed by atoms with Gasteiger partial charge in [0.1, 0.15) is 18.1 Å². The van der Waals surface area contributed by atoms with Crippen molar-refractivity contribution >= 4 is 5.97 Å². The number of nitrogens with two attached hydrogens (primary N) is 1. The monoisotopic (exact) mass is 355 g/mol. The van der Waals surface area contributed by atoms with Gasteiger partial charge >= 0.3 is 12.3 Å². The zero-order chi connectivity index (χ0) is 18.4. The third-order valence-electron chi connectivity index (χ3n) is 3.14. The summed E-state index contributed by atoms with van der Waals surface area (Å²) >= 11 is 0. The first-order valence-corrected chi connectivity index (χ1v) is 7.25. The van der Waals surface area contributed by atoms with E-state index in [0.29, 0.717) is 23.4 Å². The molecule has 5 nitrogen and oxygen atoms in total. The van der Waals surface area contributed by atoms with Crippen molar-refractivity contribution in [2.24, 2.45) is 5.73 Å². The zero-order valence-electron chi connectivity index (χ0n) is 13.3. The van der Waals surface area contributed by atoms with Gasteiger partial charge in [-0.2, -0.15) is 0 Å². The SMILES string of the molecule is COC(=O)c1cc(OCCN)cc(-c2ccc(OC(F)(F)F)cc2)c1. The van der Waals surface area contributed by atoms with Gasteiger partial charge in [0.05, 0.1) is 12.7 Å². The molecule has 134 valence electrons. The summed E-state index contributed by atoms with van der Waals surface area (Å²) in [6.07, 6.45) is -4.75. The van der Waals surface area contributed by atoms with Crippen LogP contribution in [0.3, 0.4) is 0 Å². The minimum absolute atomic E-state index is 0.252. The first kappa shape index (κ1) is 18.6. The standard InChI is InChI=1S/C17H16F3NO4/c1-23-16(22)13-8-12(9-15(10-13)24-7-6-21)11-2-4-14(5-3-11)25-17(18,19)20/h2-5,8-10H,6-7,21H2,1H3. The van der Waals surface area contributed by atoms with E-state index >= 15 is 0 Å². The fourth-order valence-electron chi connectivity index (χ4n) is 2.11. The molecule has 2 N–H and O–H groups in total. The van der Waals surface area contributed by atoms with Crippen molar-refractivity contribution < 1.29 is 32.2 Å². The number of alkyl halides is 3. The van der Waals surface area contributed by atoms with E-state index < -0.39 is 12.3 Å². The van der Waals surface area contributed by atoms with Gasteiger partial charge < -0.3 is 19.9 Å². The molecule has 0 heterocycles. The van der Waals surface area contributed by atoms with E-state index in [4.69, 9.17) is 15.2 Å². The number of rotatable bonds is 6. The van der Waals surface area contributed by atoms with Gasteiger partial charge in [-0.05, 0) is 41.5 Å². The Labute approximate surface area is 142 Å². The van der Waals surface area contributed by atoms with Crippen molar-refractivity contribution in [2.45, 2.75) is 6.36 Å². The highest BCUT2D eigenvalue weighted by molar-refractivity contribution is 5.91. The van der Waals surface area contributed by atoms with Crippen LogP contribution in [0.15, 0.2) is 42.5 Å². The molecule has 2 aromatic carbocycles. The van der Waals surface area contributed by atoms with Crippen LogP contribution in [0.4, 0.5) is 13.2 Å². The fourth-order valence-corrected chi connectivity index (χ4v) is 2.11. The summed E-state index contributed by atoms with van der Waals surface area (Å²) in [6.45, 7) is 0.545. The number of hydrogen-bond acceptors (Lipinski definition) is 5. The van der Waals surface area contributed by atoms with Crippen LogP contribution in [0.2, 0.25) is 0 Å². The van der Waals surface area contributed by atoms with E-state index in [2.05, 4.69) is 4.74 Å². The van der Waals surface area contributed by atoms with Gasteiger partial charge in [-0.25, -0.2) is 4.79 Å². The number of carbonyl (C=O) groups excluding carboxylic acids is 1. The lowest BCUT2D eigenvalue weighted by Gasteiger charge is -2.12. The van der Waals surface area contributed by atoms with Gasteiger partial charge in [-0.15, -0.1) is 13.2 Å². The van der Waals surface area contributed by atoms with Crippen LogP contribution in [-0.4, -0.2) is 32.6 Å². The summed E-state index contributed by atoms with van der Waals surface area (Å²) in [5.74, 6) is -0.490. The molecule has 2 aromatic rings. The predicted octanol–water partition coefficient (Wildman–Crippen LogP) is 3.38. The van der Waals surface area contributed by atoms with Crippen molar-refractivity contribution in [2.75, 3.05) is 20.3 Å². The lowest BCUT2D eigenvalue weighted by atomic mass is 10.0. The van der Waals surface area contributed by atoms with Crippen LogP contribution in [0, 0.1) is 0 Å². The van der Waals surface area contributed by atoms with Crippen LogP contribution in [0.1, 0.15) is 10.4 Å². The molecule has 0 fully saturated rings. The van der Waals surface area contributed by atoms with Crippen molar-refractivity contribution in [3.63, 3.8) is 0 Å². The van der Waals surface area contributed by atoms with E-state index in [9.17, 15) is 18.0 Å². The Morgan fingerprint density at radius 3 is 2.28 bits per heavy atom. The average Bonchev–Trinajstić information content (AvgIpc) is 2.58. The molecule has 0 bridgehead atoms. The lowest BCUT2D eigenvalue weighted by Crippen LogP contribution is -2.16. The highest BCUT2D eigenvalue weighted by atomic mass is 19.4. The Hall–Kier alpha value is -2.74. The average molecular weight is 355 g/mol. The Morgan fingerprint density at radius 1 is 1.04 bits per heavy atom. The Kier molecular flexibility index (Phi) is 5.87.